The summed E-state index contributed by atoms with van der Waals surface area (Å²) in [5, 5.41) is 12.4. The molecule has 0 atom stereocenters. The molecule has 1 aliphatic carbocycles. The van der Waals surface area contributed by atoms with Crippen molar-refractivity contribution >= 4 is 11.7 Å². The van der Waals surface area contributed by atoms with E-state index < -0.39 is 5.97 Å². The van der Waals surface area contributed by atoms with E-state index >= 15 is 0 Å². The van der Waals surface area contributed by atoms with Gasteiger partial charge in [0.15, 0.2) is 0 Å². The van der Waals surface area contributed by atoms with Crippen LogP contribution in [0.15, 0.2) is 18.2 Å². The Morgan fingerprint density at radius 2 is 2.16 bits per heavy atom. The zero-order valence-corrected chi connectivity index (χ0v) is 11.3. The number of hydrogen-bond acceptors (Lipinski definition) is 3. The normalized spacial score (nSPS) is 15.4. The lowest BCUT2D eigenvalue weighted by Gasteiger charge is -2.13. The summed E-state index contributed by atoms with van der Waals surface area (Å²) in [6.45, 7) is 0.818. The van der Waals surface area contributed by atoms with Crippen molar-refractivity contribution in [2.45, 2.75) is 32.1 Å². The maximum Gasteiger partial charge on any atom is 0.337 e. The second-order valence-corrected chi connectivity index (χ2v) is 5.08. The molecule has 0 spiro atoms. The van der Waals surface area contributed by atoms with Gasteiger partial charge >= 0.3 is 5.97 Å². The van der Waals surface area contributed by atoms with Gasteiger partial charge in [-0.25, -0.2) is 4.79 Å². The van der Waals surface area contributed by atoms with Crippen LogP contribution in [0.5, 0.6) is 5.75 Å². The number of nitrogens with one attached hydrogen (secondary N) is 1. The number of carbonyl (C=O) groups is 1. The van der Waals surface area contributed by atoms with Gasteiger partial charge in [0.2, 0.25) is 0 Å². The van der Waals surface area contributed by atoms with Crippen molar-refractivity contribution in [1.82, 2.24) is 0 Å². The summed E-state index contributed by atoms with van der Waals surface area (Å²) in [4.78, 5) is 11.2. The van der Waals surface area contributed by atoms with Gasteiger partial charge in [0.25, 0.3) is 0 Å². The highest BCUT2D eigenvalue weighted by atomic mass is 16.5. The lowest BCUT2D eigenvalue weighted by atomic mass is 10.0. The molecule has 1 saturated carbocycles. The Morgan fingerprint density at radius 1 is 1.42 bits per heavy atom. The second kappa shape index (κ2) is 6.45. The van der Waals surface area contributed by atoms with Crippen molar-refractivity contribution in [1.29, 1.82) is 0 Å². The highest BCUT2D eigenvalue weighted by molar-refractivity contribution is 5.94. The molecule has 2 rings (SSSR count). The number of rotatable bonds is 6. The summed E-state index contributed by atoms with van der Waals surface area (Å²) < 4.78 is 5.14. The van der Waals surface area contributed by atoms with Crippen LogP contribution in [0.3, 0.4) is 0 Å². The molecule has 1 aromatic carbocycles. The minimum absolute atomic E-state index is 0.298. The molecule has 2 N–H and O–H groups in total. The van der Waals surface area contributed by atoms with Crippen molar-refractivity contribution in [3.8, 4) is 5.75 Å². The molecule has 19 heavy (non-hydrogen) atoms. The Bertz CT molecular complexity index is 439. The van der Waals surface area contributed by atoms with E-state index in [0.717, 1.165) is 18.9 Å². The van der Waals surface area contributed by atoms with Gasteiger partial charge in [-0.15, -0.1) is 0 Å². The van der Waals surface area contributed by atoms with Crippen molar-refractivity contribution in [2.24, 2.45) is 5.92 Å². The first kappa shape index (κ1) is 13.7. The van der Waals surface area contributed by atoms with Gasteiger partial charge in [-0.05, 0) is 24.5 Å². The molecular weight excluding hydrogens is 242 g/mol. The molecule has 0 radical (unpaired) electrons. The SMILES string of the molecule is COc1ccc(C(=O)O)c(NCCC2CCCC2)c1. The van der Waals surface area contributed by atoms with Gasteiger partial charge in [-0.3, -0.25) is 0 Å². The van der Waals surface area contributed by atoms with E-state index in [0.29, 0.717) is 17.0 Å². The molecule has 0 bridgehead atoms. The van der Waals surface area contributed by atoms with Gasteiger partial charge in [0.1, 0.15) is 5.75 Å². The summed E-state index contributed by atoms with van der Waals surface area (Å²) in [5.74, 6) is 0.561. The maximum atomic E-state index is 11.2. The Labute approximate surface area is 113 Å². The van der Waals surface area contributed by atoms with Crippen LogP contribution >= 0.6 is 0 Å². The first-order valence-electron chi connectivity index (χ1n) is 6.86. The average Bonchev–Trinajstić information content (AvgIpc) is 2.91. The lowest BCUT2D eigenvalue weighted by Crippen LogP contribution is -2.10. The zero-order chi connectivity index (χ0) is 13.7. The molecule has 104 valence electrons. The Morgan fingerprint density at radius 3 is 2.79 bits per heavy atom. The maximum absolute atomic E-state index is 11.2. The number of benzene rings is 1. The Hall–Kier alpha value is -1.71. The van der Waals surface area contributed by atoms with Crippen molar-refractivity contribution < 1.29 is 14.6 Å². The molecule has 0 saturated heterocycles. The first-order valence-corrected chi connectivity index (χ1v) is 6.86. The van der Waals surface area contributed by atoms with E-state index in [1.165, 1.54) is 25.7 Å². The van der Waals surface area contributed by atoms with Crippen LogP contribution in [0.4, 0.5) is 5.69 Å². The molecule has 1 aliphatic rings. The number of anilines is 1. The highest BCUT2D eigenvalue weighted by Crippen LogP contribution is 2.28. The van der Waals surface area contributed by atoms with Gasteiger partial charge in [-0.2, -0.15) is 0 Å². The molecule has 0 aromatic heterocycles. The second-order valence-electron chi connectivity index (χ2n) is 5.08. The summed E-state index contributed by atoms with van der Waals surface area (Å²) in [7, 11) is 1.58. The average molecular weight is 263 g/mol. The summed E-state index contributed by atoms with van der Waals surface area (Å²) in [6.07, 6.45) is 6.40. The zero-order valence-electron chi connectivity index (χ0n) is 11.3. The molecule has 0 heterocycles. The largest absolute Gasteiger partial charge is 0.497 e. The molecule has 4 nitrogen and oxygen atoms in total. The number of carboxylic acid groups (broad SMARTS) is 1. The van der Waals surface area contributed by atoms with Gasteiger partial charge in [0, 0.05) is 12.6 Å². The molecule has 0 amide bonds. The molecule has 1 fully saturated rings. The fourth-order valence-electron chi connectivity index (χ4n) is 2.69. The van der Waals surface area contributed by atoms with Crippen molar-refractivity contribution in [2.75, 3.05) is 19.0 Å². The van der Waals surface area contributed by atoms with E-state index in [9.17, 15) is 4.79 Å². The fourth-order valence-corrected chi connectivity index (χ4v) is 2.69. The number of methoxy groups -OCH3 is 1. The van der Waals surface area contributed by atoms with Crippen LogP contribution in [0.2, 0.25) is 0 Å². The third kappa shape index (κ3) is 3.63. The number of hydrogen-bond donors (Lipinski definition) is 2. The topological polar surface area (TPSA) is 58.6 Å². The minimum atomic E-state index is -0.911. The van der Waals surface area contributed by atoms with E-state index in [2.05, 4.69) is 5.32 Å². The van der Waals surface area contributed by atoms with Gasteiger partial charge in [-0.1, -0.05) is 25.7 Å². The quantitative estimate of drug-likeness (QED) is 0.826. The van der Waals surface area contributed by atoms with Gasteiger partial charge < -0.3 is 15.2 Å². The fraction of sp³-hybridized carbons (Fsp3) is 0.533. The third-order valence-corrected chi connectivity index (χ3v) is 3.80. The first-order chi connectivity index (χ1) is 9.20. The van der Waals surface area contributed by atoms with Crippen molar-refractivity contribution in [3.05, 3.63) is 23.8 Å². The van der Waals surface area contributed by atoms with Crippen LogP contribution < -0.4 is 10.1 Å². The number of aromatic carboxylic acids is 1. The van der Waals surface area contributed by atoms with Crippen LogP contribution in [-0.2, 0) is 0 Å². The monoisotopic (exact) mass is 263 g/mol. The van der Waals surface area contributed by atoms with Crippen molar-refractivity contribution in [3.63, 3.8) is 0 Å². The Balaban J connectivity index is 1.98. The lowest BCUT2D eigenvalue weighted by molar-refractivity contribution is 0.0698. The van der Waals surface area contributed by atoms with Crippen LogP contribution in [0.25, 0.3) is 0 Å². The summed E-state index contributed by atoms with van der Waals surface area (Å²) in [5.41, 5.74) is 0.942. The summed E-state index contributed by atoms with van der Waals surface area (Å²) >= 11 is 0. The predicted octanol–water partition coefficient (Wildman–Crippen LogP) is 3.39. The molecule has 0 aliphatic heterocycles. The predicted molar refractivity (Wildman–Crippen MR) is 75.0 cm³/mol. The standard InChI is InChI=1S/C15H21NO3/c1-19-12-6-7-13(15(17)18)14(10-12)16-9-8-11-4-2-3-5-11/h6-7,10-11,16H,2-5,8-9H2,1H3,(H,17,18). The molecule has 0 unspecified atom stereocenters. The van der Waals surface area contributed by atoms with E-state index in [1.54, 1.807) is 25.3 Å². The number of ether oxygens (including phenoxy) is 1. The Kier molecular flexibility index (Phi) is 4.66. The molecular formula is C15H21NO3. The van der Waals surface area contributed by atoms with Gasteiger partial charge in [0.05, 0.1) is 18.4 Å². The number of carboxylic acids is 1. The van der Waals surface area contributed by atoms with E-state index in [1.807, 2.05) is 0 Å². The van der Waals surface area contributed by atoms with E-state index in [4.69, 9.17) is 9.84 Å². The van der Waals surface area contributed by atoms with Crippen LogP contribution in [0.1, 0.15) is 42.5 Å². The third-order valence-electron chi connectivity index (χ3n) is 3.80. The molecule has 1 aromatic rings. The smallest absolute Gasteiger partial charge is 0.337 e. The van der Waals surface area contributed by atoms with Crippen LogP contribution in [-0.4, -0.2) is 24.7 Å². The highest BCUT2D eigenvalue weighted by Gasteiger charge is 2.15. The minimum Gasteiger partial charge on any atom is -0.497 e. The molecule has 4 heteroatoms. The summed E-state index contributed by atoms with van der Waals surface area (Å²) in [6, 6.07) is 5.00. The van der Waals surface area contributed by atoms with Crippen LogP contribution in [0, 0.1) is 5.92 Å². The van der Waals surface area contributed by atoms with E-state index in [-0.39, 0.29) is 0 Å².